The fourth-order valence-electron chi connectivity index (χ4n) is 1.96. The molecule has 1 saturated carbocycles. The summed E-state index contributed by atoms with van der Waals surface area (Å²) in [7, 11) is 0. The molecule has 0 spiro atoms. The molecular formula is C15H22ClNO. The van der Waals surface area contributed by atoms with Gasteiger partial charge in [-0.1, -0.05) is 17.7 Å². The first-order chi connectivity index (χ1) is 8.65. The van der Waals surface area contributed by atoms with Crippen molar-refractivity contribution in [3.8, 4) is 5.75 Å². The van der Waals surface area contributed by atoms with Crippen LogP contribution in [-0.2, 0) is 0 Å². The fraction of sp³-hybridized carbons (Fsp3) is 0.600. The van der Waals surface area contributed by atoms with Crippen LogP contribution in [0.2, 0.25) is 5.02 Å². The van der Waals surface area contributed by atoms with Gasteiger partial charge in [0, 0.05) is 6.04 Å². The molecule has 1 N–H and O–H groups in total. The number of nitrogens with one attached hydrogen (secondary N) is 1. The van der Waals surface area contributed by atoms with Crippen molar-refractivity contribution in [3.05, 3.63) is 28.8 Å². The van der Waals surface area contributed by atoms with Crippen LogP contribution in [0.25, 0.3) is 0 Å². The highest BCUT2D eigenvalue weighted by molar-refractivity contribution is 6.32. The van der Waals surface area contributed by atoms with Gasteiger partial charge in [0.05, 0.1) is 11.1 Å². The normalized spacial score (nSPS) is 16.6. The lowest BCUT2D eigenvalue weighted by atomic mass is 10.2. The number of rotatable bonds is 7. The molecule has 0 aliphatic heterocycles. The van der Waals surface area contributed by atoms with E-state index in [9.17, 15) is 0 Å². The van der Waals surface area contributed by atoms with E-state index in [0.717, 1.165) is 36.7 Å². The molecule has 1 aromatic carbocycles. The molecule has 1 aliphatic carbocycles. The minimum atomic E-state index is 0.214. The Morgan fingerprint density at radius 3 is 2.89 bits per heavy atom. The van der Waals surface area contributed by atoms with Gasteiger partial charge in [-0.3, -0.25) is 0 Å². The summed E-state index contributed by atoms with van der Waals surface area (Å²) in [6.45, 7) is 5.23. The first kappa shape index (κ1) is 13.7. The van der Waals surface area contributed by atoms with Gasteiger partial charge in [0.25, 0.3) is 0 Å². The Hall–Kier alpha value is -0.730. The largest absolute Gasteiger partial charge is 0.489 e. The molecule has 0 bridgehead atoms. The SMILES string of the molecule is Cc1ccc(OC(C)CCCNC2CC2)c(Cl)c1. The van der Waals surface area contributed by atoms with E-state index in [0.29, 0.717) is 5.02 Å². The second-order valence-electron chi connectivity index (χ2n) is 5.23. The van der Waals surface area contributed by atoms with E-state index in [4.69, 9.17) is 16.3 Å². The highest BCUT2D eigenvalue weighted by Gasteiger charge is 2.19. The van der Waals surface area contributed by atoms with Crippen molar-refractivity contribution in [1.29, 1.82) is 0 Å². The molecule has 3 heteroatoms. The number of halogens is 1. The zero-order chi connectivity index (χ0) is 13.0. The minimum absolute atomic E-state index is 0.214. The molecule has 100 valence electrons. The summed E-state index contributed by atoms with van der Waals surface area (Å²) < 4.78 is 5.86. The van der Waals surface area contributed by atoms with Crippen LogP contribution in [-0.4, -0.2) is 18.7 Å². The summed E-state index contributed by atoms with van der Waals surface area (Å²) in [4.78, 5) is 0. The minimum Gasteiger partial charge on any atom is -0.489 e. The molecule has 1 unspecified atom stereocenters. The Bertz CT molecular complexity index is 390. The van der Waals surface area contributed by atoms with E-state index in [1.807, 2.05) is 25.1 Å². The van der Waals surface area contributed by atoms with Crippen molar-refractivity contribution in [3.63, 3.8) is 0 Å². The van der Waals surface area contributed by atoms with Gasteiger partial charge in [-0.2, -0.15) is 0 Å². The smallest absolute Gasteiger partial charge is 0.138 e. The Labute approximate surface area is 115 Å². The second-order valence-corrected chi connectivity index (χ2v) is 5.64. The van der Waals surface area contributed by atoms with Crippen LogP contribution in [0, 0.1) is 6.92 Å². The molecule has 1 aromatic rings. The maximum absolute atomic E-state index is 6.15. The molecule has 0 radical (unpaired) electrons. The quantitative estimate of drug-likeness (QED) is 0.756. The average molecular weight is 268 g/mol. The number of ether oxygens (including phenoxy) is 1. The standard InChI is InChI=1S/C15H22ClNO/c1-11-5-8-15(14(16)10-11)18-12(2)4-3-9-17-13-6-7-13/h5,8,10,12-13,17H,3-4,6-7,9H2,1-2H3. The fourth-order valence-corrected chi connectivity index (χ4v) is 2.24. The lowest BCUT2D eigenvalue weighted by Crippen LogP contribution is -2.20. The van der Waals surface area contributed by atoms with E-state index in [-0.39, 0.29) is 6.10 Å². The van der Waals surface area contributed by atoms with Crippen molar-refractivity contribution in [2.75, 3.05) is 6.54 Å². The third kappa shape index (κ3) is 4.51. The van der Waals surface area contributed by atoms with Crippen molar-refractivity contribution in [2.45, 2.75) is 51.7 Å². The van der Waals surface area contributed by atoms with Gasteiger partial charge >= 0.3 is 0 Å². The lowest BCUT2D eigenvalue weighted by Gasteiger charge is -2.16. The summed E-state index contributed by atoms with van der Waals surface area (Å²) in [5.74, 6) is 0.796. The van der Waals surface area contributed by atoms with Crippen molar-refractivity contribution < 1.29 is 4.74 Å². The number of aryl methyl sites for hydroxylation is 1. The molecule has 0 aromatic heterocycles. The topological polar surface area (TPSA) is 21.3 Å². The third-order valence-corrected chi connectivity index (χ3v) is 3.51. The van der Waals surface area contributed by atoms with Crippen LogP contribution in [0.3, 0.4) is 0 Å². The maximum Gasteiger partial charge on any atom is 0.138 e. The zero-order valence-electron chi connectivity index (χ0n) is 11.2. The van der Waals surface area contributed by atoms with Crippen molar-refractivity contribution in [2.24, 2.45) is 0 Å². The van der Waals surface area contributed by atoms with Gasteiger partial charge in [-0.05, 0) is 63.8 Å². The summed E-state index contributed by atoms with van der Waals surface area (Å²) in [6.07, 6.45) is 5.13. The van der Waals surface area contributed by atoms with Crippen LogP contribution < -0.4 is 10.1 Å². The monoisotopic (exact) mass is 267 g/mol. The van der Waals surface area contributed by atoms with Crippen LogP contribution in [0.4, 0.5) is 0 Å². The summed E-state index contributed by atoms with van der Waals surface area (Å²) in [5, 5.41) is 4.22. The predicted octanol–water partition coefficient (Wildman–Crippen LogP) is 3.95. The van der Waals surface area contributed by atoms with Gasteiger partial charge in [0.15, 0.2) is 0 Å². The average Bonchev–Trinajstić information content (AvgIpc) is 3.12. The Balaban J connectivity index is 1.70. The molecule has 0 saturated heterocycles. The van der Waals surface area contributed by atoms with Gasteiger partial charge in [0.1, 0.15) is 5.75 Å². The van der Waals surface area contributed by atoms with E-state index in [2.05, 4.69) is 12.2 Å². The predicted molar refractivity (Wildman–Crippen MR) is 76.5 cm³/mol. The molecule has 1 fully saturated rings. The molecule has 18 heavy (non-hydrogen) atoms. The first-order valence-electron chi connectivity index (χ1n) is 6.81. The van der Waals surface area contributed by atoms with E-state index in [1.165, 1.54) is 12.8 Å². The zero-order valence-corrected chi connectivity index (χ0v) is 12.0. The lowest BCUT2D eigenvalue weighted by molar-refractivity contribution is 0.207. The van der Waals surface area contributed by atoms with E-state index >= 15 is 0 Å². The molecule has 2 nitrogen and oxygen atoms in total. The van der Waals surface area contributed by atoms with E-state index in [1.54, 1.807) is 0 Å². The highest BCUT2D eigenvalue weighted by atomic mass is 35.5. The van der Waals surface area contributed by atoms with Crippen molar-refractivity contribution >= 4 is 11.6 Å². The Kier molecular flexibility index (Phi) is 4.90. The van der Waals surface area contributed by atoms with Crippen LogP contribution in [0.1, 0.15) is 38.2 Å². The van der Waals surface area contributed by atoms with Crippen LogP contribution in [0.15, 0.2) is 18.2 Å². The molecule has 2 rings (SSSR count). The van der Waals surface area contributed by atoms with Gasteiger partial charge in [0.2, 0.25) is 0 Å². The molecule has 1 aliphatic rings. The Morgan fingerprint density at radius 1 is 1.44 bits per heavy atom. The summed E-state index contributed by atoms with van der Waals surface area (Å²) >= 11 is 6.15. The number of benzene rings is 1. The van der Waals surface area contributed by atoms with Gasteiger partial charge in [-0.15, -0.1) is 0 Å². The second kappa shape index (κ2) is 6.44. The molecule has 0 heterocycles. The van der Waals surface area contributed by atoms with Crippen LogP contribution in [0.5, 0.6) is 5.75 Å². The molecular weight excluding hydrogens is 246 g/mol. The first-order valence-corrected chi connectivity index (χ1v) is 7.19. The summed E-state index contributed by atoms with van der Waals surface area (Å²) in [5.41, 5.74) is 1.16. The van der Waals surface area contributed by atoms with E-state index < -0.39 is 0 Å². The third-order valence-electron chi connectivity index (χ3n) is 3.21. The number of hydrogen-bond acceptors (Lipinski definition) is 2. The molecule has 0 amide bonds. The van der Waals surface area contributed by atoms with Gasteiger partial charge in [-0.25, -0.2) is 0 Å². The number of hydrogen-bond donors (Lipinski definition) is 1. The maximum atomic E-state index is 6.15. The Morgan fingerprint density at radius 2 is 2.22 bits per heavy atom. The van der Waals surface area contributed by atoms with Gasteiger partial charge < -0.3 is 10.1 Å². The summed E-state index contributed by atoms with van der Waals surface area (Å²) in [6, 6.07) is 6.73. The van der Waals surface area contributed by atoms with Crippen LogP contribution >= 0.6 is 11.6 Å². The highest BCUT2D eigenvalue weighted by Crippen LogP contribution is 2.26. The van der Waals surface area contributed by atoms with Crippen molar-refractivity contribution in [1.82, 2.24) is 5.32 Å². The molecule has 1 atom stereocenters.